The van der Waals surface area contributed by atoms with Gasteiger partial charge in [0, 0.05) is 28.0 Å². The summed E-state index contributed by atoms with van der Waals surface area (Å²) >= 11 is 0. The molecule has 144 valence electrons. The van der Waals surface area contributed by atoms with Gasteiger partial charge >= 0.3 is 0 Å². The number of rotatable bonds is 5. The van der Waals surface area contributed by atoms with Crippen LogP contribution in [-0.4, -0.2) is 22.6 Å². The van der Waals surface area contributed by atoms with E-state index in [1.807, 2.05) is 18.2 Å². The van der Waals surface area contributed by atoms with E-state index >= 15 is 0 Å². The number of fused-ring (bicyclic) bond motifs is 1. The molecule has 2 heterocycles. The zero-order valence-electron chi connectivity index (χ0n) is 15.5. The van der Waals surface area contributed by atoms with Gasteiger partial charge in [0.05, 0.1) is 11.8 Å². The van der Waals surface area contributed by atoms with Crippen molar-refractivity contribution < 1.29 is 18.8 Å². The molecule has 2 amide bonds. The lowest BCUT2D eigenvalue weighted by Crippen LogP contribution is -2.23. The number of nitrogens with one attached hydrogen (secondary N) is 3. The molecule has 0 bridgehead atoms. The quantitative estimate of drug-likeness (QED) is 0.353. The molecule has 7 nitrogen and oxygen atoms in total. The largest absolute Gasteiger partial charge is 0.459 e. The van der Waals surface area contributed by atoms with E-state index in [9.17, 15) is 14.4 Å². The van der Waals surface area contributed by atoms with Crippen molar-refractivity contribution >= 4 is 39.9 Å². The van der Waals surface area contributed by atoms with Crippen LogP contribution in [0.1, 0.15) is 26.6 Å². The maximum absolute atomic E-state index is 12.7. The summed E-state index contributed by atoms with van der Waals surface area (Å²) in [5.41, 5.74) is 2.78. The van der Waals surface area contributed by atoms with E-state index < -0.39 is 11.7 Å². The van der Waals surface area contributed by atoms with Crippen LogP contribution < -0.4 is 10.6 Å². The highest BCUT2D eigenvalue weighted by Gasteiger charge is 2.22. The second kappa shape index (κ2) is 7.47. The van der Waals surface area contributed by atoms with Crippen molar-refractivity contribution in [2.75, 3.05) is 10.6 Å². The van der Waals surface area contributed by atoms with E-state index in [0.29, 0.717) is 28.0 Å². The Hall–Kier alpha value is -4.13. The Morgan fingerprint density at radius 1 is 0.862 bits per heavy atom. The Balaban J connectivity index is 1.46. The maximum Gasteiger partial charge on any atom is 0.296 e. The lowest BCUT2D eigenvalue weighted by atomic mass is 10.1. The average molecular weight is 387 g/mol. The zero-order valence-corrected chi connectivity index (χ0v) is 15.5. The first kappa shape index (κ1) is 18.2. The van der Waals surface area contributed by atoms with E-state index in [0.717, 1.165) is 5.52 Å². The van der Waals surface area contributed by atoms with Crippen LogP contribution in [0.2, 0.25) is 0 Å². The van der Waals surface area contributed by atoms with Gasteiger partial charge in [0.15, 0.2) is 5.76 Å². The van der Waals surface area contributed by atoms with Gasteiger partial charge < -0.3 is 20.0 Å². The number of H-pyrrole nitrogens is 1. The van der Waals surface area contributed by atoms with Crippen molar-refractivity contribution in [3.8, 4) is 0 Å². The summed E-state index contributed by atoms with van der Waals surface area (Å²) in [6.07, 6.45) is 1.42. The van der Waals surface area contributed by atoms with Crippen LogP contribution in [0.4, 0.5) is 11.4 Å². The SMILES string of the molecule is Cc1[nH]c2ccccc2c1C(=O)C(=O)Nc1ccc(NC(=O)c2ccco2)cc1. The van der Waals surface area contributed by atoms with Crippen LogP contribution in [0.3, 0.4) is 0 Å². The Bertz CT molecular complexity index is 1200. The van der Waals surface area contributed by atoms with E-state index in [1.54, 1.807) is 49.4 Å². The molecule has 29 heavy (non-hydrogen) atoms. The van der Waals surface area contributed by atoms with Crippen LogP contribution >= 0.6 is 0 Å². The van der Waals surface area contributed by atoms with Crippen LogP contribution in [0.15, 0.2) is 71.3 Å². The van der Waals surface area contributed by atoms with Crippen LogP contribution in [0.5, 0.6) is 0 Å². The first-order valence-corrected chi connectivity index (χ1v) is 8.91. The molecule has 0 aliphatic heterocycles. The van der Waals surface area contributed by atoms with Gasteiger partial charge in [-0.05, 0) is 49.4 Å². The van der Waals surface area contributed by atoms with Crippen molar-refractivity contribution in [1.82, 2.24) is 4.98 Å². The highest BCUT2D eigenvalue weighted by atomic mass is 16.3. The number of aryl methyl sites for hydroxylation is 1. The first-order chi connectivity index (χ1) is 14.0. The second-order valence-corrected chi connectivity index (χ2v) is 6.46. The fourth-order valence-corrected chi connectivity index (χ4v) is 3.11. The monoisotopic (exact) mass is 387 g/mol. The smallest absolute Gasteiger partial charge is 0.296 e. The Morgan fingerprint density at radius 2 is 1.55 bits per heavy atom. The summed E-state index contributed by atoms with van der Waals surface area (Å²) in [7, 11) is 0. The first-order valence-electron chi connectivity index (χ1n) is 8.91. The summed E-state index contributed by atoms with van der Waals surface area (Å²) in [6, 6.07) is 17.0. The molecular formula is C22H17N3O4. The number of para-hydroxylation sites is 1. The summed E-state index contributed by atoms with van der Waals surface area (Å²) in [5.74, 6) is -1.53. The highest BCUT2D eigenvalue weighted by molar-refractivity contribution is 6.48. The number of amides is 2. The molecule has 0 aliphatic carbocycles. The van der Waals surface area contributed by atoms with Crippen LogP contribution in [0, 0.1) is 6.92 Å². The third-order valence-electron chi connectivity index (χ3n) is 4.47. The molecule has 0 saturated carbocycles. The Labute approximate surface area is 165 Å². The molecule has 0 aliphatic rings. The standard InChI is InChI=1S/C22H17N3O4/c1-13-19(16-5-2-3-6-17(16)23-13)20(26)22(28)25-15-10-8-14(9-11-15)24-21(27)18-7-4-12-29-18/h2-12,23H,1H3,(H,24,27)(H,25,28). The van der Waals surface area contributed by atoms with Crippen LogP contribution in [-0.2, 0) is 4.79 Å². The molecule has 0 unspecified atom stereocenters. The summed E-state index contributed by atoms with van der Waals surface area (Å²) in [5, 5.41) is 5.99. The van der Waals surface area contributed by atoms with E-state index in [1.165, 1.54) is 6.26 Å². The van der Waals surface area contributed by atoms with Gasteiger partial charge in [-0.15, -0.1) is 0 Å². The number of Topliss-reactive ketones (excluding diaryl/α,β-unsaturated/α-hetero) is 1. The van der Waals surface area contributed by atoms with Gasteiger partial charge in [-0.1, -0.05) is 18.2 Å². The van der Waals surface area contributed by atoms with Crippen molar-refractivity contribution in [3.63, 3.8) is 0 Å². The number of ketones is 1. The predicted octanol–water partition coefficient (Wildman–Crippen LogP) is 4.14. The van der Waals surface area contributed by atoms with Gasteiger partial charge in [-0.3, -0.25) is 14.4 Å². The topological polar surface area (TPSA) is 104 Å². The number of carbonyl (C=O) groups is 3. The van der Waals surface area contributed by atoms with Gasteiger partial charge in [0.1, 0.15) is 0 Å². The highest BCUT2D eigenvalue weighted by Crippen LogP contribution is 2.23. The molecule has 2 aromatic carbocycles. The minimum atomic E-state index is -0.731. The minimum Gasteiger partial charge on any atom is -0.459 e. The third kappa shape index (κ3) is 3.66. The number of furan rings is 1. The molecule has 0 saturated heterocycles. The Kier molecular flexibility index (Phi) is 4.70. The number of benzene rings is 2. The summed E-state index contributed by atoms with van der Waals surface area (Å²) < 4.78 is 5.04. The number of aromatic nitrogens is 1. The minimum absolute atomic E-state index is 0.196. The maximum atomic E-state index is 12.7. The molecule has 4 rings (SSSR count). The van der Waals surface area contributed by atoms with Gasteiger partial charge in [-0.2, -0.15) is 0 Å². The third-order valence-corrected chi connectivity index (χ3v) is 4.47. The fraction of sp³-hybridized carbons (Fsp3) is 0.0455. The number of anilines is 2. The number of hydrogen-bond acceptors (Lipinski definition) is 4. The number of carbonyl (C=O) groups excluding carboxylic acids is 3. The predicted molar refractivity (Wildman–Crippen MR) is 109 cm³/mol. The molecule has 7 heteroatoms. The van der Waals surface area contributed by atoms with Gasteiger partial charge in [0.2, 0.25) is 0 Å². The lowest BCUT2D eigenvalue weighted by molar-refractivity contribution is -0.112. The van der Waals surface area contributed by atoms with E-state index in [2.05, 4.69) is 15.6 Å². The van der Waals surface area contributed by atoms with Crippen molar-refractivity contribution in [3.05, 3.63) is 83.9 Å². The number of hydrogen-bond donors (Lipinski definition) is 3. The average Bonchev–Trinajstić information content (AvgIpc) is 3.36. The van der Waals surface area contributed by atoms with Gasteiger partial charge in [-0.25, -0.2) is 0 Å². The molecular weight excluding hydrogens is 370 g/mol. The summed E-state index contributed by atoms with van der Waals surface area (Å²) in [6.45, 7) is 1.76. The fourth-order valence-electron chi connectivity index (χ4n) is 3.11. The molecule has 2 aromatic heterocycles. The van der Waals surface area contributed by atoms with E-state index in [-0.39, 0.29) is 11.7 Å². The lowest BCUT2D eigenvalue weighted by Gasteiger charge is -2.07. The zero-order chi connectivity index (χ0) is 20.4. The van der Waals surface area contributed by atoms with Crippen molar-refractivity contribution in [2.24, 2.45) is 0 Å². The number of aromatic amines is 1. The van der Waals surface area contributed by atoms with Crippen molar-refractivity contribution in [2.45, 2.75) is 6.92 Å². The van der Waals surface area contributed by atoms with E-state index in [4.69, 9.17) is 4.42 Å². The Morgan fingerprint density at radius 3 is 2.24 bits per heavy atom. The molecule has 3 N–H and O–H groups in total. The second-order valence-electron chi connectivity index (χ2n) is 6.46. The molecule has 0 spiro atoms. The van der Waals surface area contributed by atoms with Crippen LogP contribution in [0.25, 0.3) is 10.9 Å². The molecule has 4 aromatic rings. The normalized spacial score (nSPS) is 10.7. The molecule has 0 atom stereocenters. The molecule has 0 fully saturated rings. The van der Waals surface area contributed by atoms with Gasteiger partial charge in [0.25, 0.3) is 17.6 Å². The summed E-state index contributed by atoms with van der Waals surface area (Å²) in [4.78, 5) is 40.2. The molecule has 0 radical (unpaired) electrons. The van der Waals surface area contributed by atoms with Crippen molar-refractivity contribution in [1.29, 1.82) is 0 Å².